The van der Waals surface area contributed by atoms with Gasteiger partial charge in [0, 0.05) is 0 Å². The molecular formula is C12H19N3O6. The van der Waals surface area contributed by atoms with E-state index in [0.717, 1.165) is 6.92 Å². The molecule has 3 heterocycles. The average Bonchev–Trinajstić information content (AvgIpc) is 2.42. The third kappa shape index (κ3) is 2.14. The van der Waals surface area contributed by atoms with Gasteiger partial charge in [-0.3, -0.25) is 15.3 Å². The van der Waals surface area contributed by atoms with Crippen molar-refractivity contribution in [3.8, 4) is 0 Å². The summed E-state index contributed by atoms with van der Waals surface area (Å²) in [6.07, 6.45) is -1.73. The Labute approximate surface area is 120 Å². The summed E-state index contributed by atoms with van der Waals surface area (Å²) >= 11 is 0. The highest BCUT2D eigenvalue weighted by atomic mass is 16.5. The first-order chi connectivity index (χ1) is 9.60. The van der Waals surface area contributed by atoms with Crippen LogP contribution in [0.1, 0.15) is 13.3 Å². The van der Waals surface area contributed by atoms with Crippen molar-refractivity contribution < 1.29 is 29.6 Å². The monoisotopic (exact) mass is 301 g/mol. The Morgan fingerprint density at radius 1 is 1.48 bits per heavy atom. The van der Waals surface area contributed by atoms with Gasteiger partial charge in [0.2, 0.25) is 0 Å². The third-order valence-corrected chi connectivity index (χ3v) is 3.89. The maximum atomic E-state index is 12.3. The van der Waals surface area contributed by atoms with Crippen molar-refractivity contribution in [2.75, 3.05) is 13.2 Å². The first-order valence-electron chi connectivity index (χ1n) is 6.38. The smallest absolute Gasteiger partial charge is 0.278 e. The van der Waals surface area contributed by atoms with Crippen molar-refractivity contribution >= 4 is 11.8 Å². The molecule has 4 atom stereocenters. The fraction of sp³-hybridized carbons (Fsp3) is 0.667. The number of hydrogen-bond donors (Lipinski definition) is 6. The Hall–Kier alpha value is -1.52. The summed E-state index contributed by atoms with van der Waals surface area (Å²) in [5.41, 5.74) is 0.00610. The van der Waals surface area contributed by atoms with Crippen LogP contribution in [0.25, 0.3) is 0 Å². The number of piperazine rings is 1. The molecule has 0 radical (unpaired) electrons. The Morgan fingerprint density at radius 3 is 2.67 bits per heavy atom. The van der Waals surface area contributed by atoms with Crippen LogP contribution in [0.15, 0.2) is 12.2 Å². The Kier molecular flexibility index (Phi) is 3.59. The van der Waals surface area contributed by atoms with E-state index in [4.69, 9.17) is 15.6 Å². The van der Waals surface area contributed by atoms with Gasteiger partial charge in [-0.1, -0.05) is 6.58 Å². The predicted molar refractivity (Wildman–Crippen MR) is 69.4 cm³/mol. The summed E-state index contributed by atoms with van der Waals surface area (Å²) in [6, 6.07) is 0. The van der Waals surface area contributed by atoms with Crippen molar-refractivity contribution in [2.24, 2.45) is 5.73 Å². The van der Waals surface area contributed by atoms with Crippen molar-refractivity contribution in [2.45, 2.75) is 36.4 Å². The standard InChI is InChI=1S/C12H19N3O6/c1-6-3-4-21-12(7(17)10(2,20)5-16)9(19)14-11(6,13)8(18)15-12/h7,16-17,20H,1,3-5,13H2,2H3,(H,14,19)(H,15,18)/t7-,10-,11-,12?/m0/s1. The van der Waals surface area contributed by atoms with E-state index < -0.39 is 41.5 Å². The fourth-order valence-corrected chi connectivity index (χ4v) is 2.33. The summed E-state index contributed by atoms with van der Waals surface area (Å²) in [6.45, 7) is 3.86. The molecule has 0 spiro atoms. The normalized spacial score (nSPS) is 37.1. The maximum absolute atomic E-state index is 12.3. The lowest BCUT2D eigenvalue weighted by atomic mass is 9.84. The van der Waals surface area contributed by atoms with Crippen LogP contribution in [0.4, 0.5) is 0 Å². The number of aliphatic hydroxyl groups excluding tert-OH is 2. The largest absolute Gasteiger partial charge is 0.393 e. The van der Waals surface area contributed by atoms with Crippen LogP contribution in [0.2, 0.25) is 0 Å². The first kappa shape index (κ1) is 15.9. The predicted octanol–water partition coefficient (Wildman–Crippen LogP) is -3.34. The topological polar surface area (TPSA) is 154 Å². The quantitative estimate of drug-likeness (QED) is 0.298. The number of aliphatic hydroxyl groups is 3. The Morgan fingerprint density at radius 2 is 2.10 bits per heavy atom. The molecule has 9 nitrogen and oxygen atoms in total. The number of amides is 2. The van der Waals surface area contributed by atoms with Crippen LogP contribution in [0.5, 0.6) is 0 Å². The van der Waals surface area contributed by atoms with Crippen molar-refractivity contribution in [3.05, 3.63) is 12.2 Å². The second-order valence-electron chi connectivity index (χ2n) is 5.57. The maximum Gasteiger partial charge on any atom is 0.278 e. The van der Waals surface area contributed by atoms with E-state index >= 15 is 0 Å². The summed E-state index contributed by atoms with van der Waals surface area (Å²) in [5, 5.41) is 33.9. The number of hydrogen-bond acceptors (Lipinski definition) is 7. The van der Waals surface area contributed by atoms with Gasteiger partial charge in [-0.05, 0) is 18.9 Å². The van der Waals surface area contributed by atoms with Crippen molar-refractivity contribution in [1.82, 2.24) is 10.6 Å². The summed E-state index contributed by atoms with van der Waals surface area (Å²) in [4.78, 5) is 24.5. The lowest BCUT2D eigenvalue weighted by molar-refractivity contribution is -0.223. The summed E-state index contributed by atoms with van der Waals surface area (Å²) in [5.74, 6) is -1.74. The van der Waals surface area contributed by atoms with Gasteiger partial charge in [0.15, 0.2) is 5.66 Å². The van der Waals surface area contributed by atoms with Gasteiger partial charge in [0.25, 0.3) is 17.5 Å². The first-order valence-corrected chi connectivity index (χ1v) is 6.38. The molecule has 0 saturated carbocycles. The molecule has 9 heteroatoms. The number of carbonyl (C=O) groups is 2. The third-order valence-electron chi connectivity index (χ3n) is 3.89. The zero-order valence-electron chi connectivity index (χ0n) is 11.5. The number of nitrogens with two attached hydrogens (primary N) is 1. The zero-order chi connectivity index (χ0) is 16.1. The highest BCUT2D eigenvalue weighted by Crippen LogP contribution is 2.31. The fourth-order valence-electron chi connectivity index (χ4n) is 2.33. The molecule has 2 bridgehead atoms. The molecule has 7 N–H and O–H groups in total. The molecule has 3 fully saturated rings. The highest BCUT2D eigenvalue weighted by molar-refractivity contribution is 6.03. The number of fused-ring (bicyclic) bond motifs is 5. The van der Waals surface area contributed by atoms with Crippen LogP contribution >= 0.6 is 0 Å². The van der Waals surface area contributed by atoms with Gasteiger partial charge < -0.3 is 30.7 Å². The van der Waals surface area contributed by atoms with E-state index in [1.165, 1.54) is 0 Å². The second-order valence-corrected chi connectivity index (χ2v) is 5.57. The van der Waals surface area contributed by atoms with Gasteiger partial charge >= 0.3 is 0 Å². The zero-order valence-corrected chi connectivity index (χ0v) is 11.5. The average molecular weight is 301 g/mol. The molecule has 118 valence electrons. The van der Waals surface area contributed by atoms with Gasteiger partial charge in [0.05, 0.1) is 13.2 Å². The van der Waals surface area contributed by atoms with Crippen LogP contribution < -0.4 is 16.4 Å². The van der Waals surface area contributed by atoms with Gasteiger partial charge in [-0.2, -0.15) is 0 Å². The summed E-state index contributed by atoms with van der Waals surface area (Å²) in [7, 11) is 0. The molecule has 0 aromatic carbocycles. The highest BCUT2D eigenvalue weighted by Gasteiger charge is 2.62. The van der Waals surface area contributed by atoms with Crippen molar-refractivity contribution in [1.29, 1.82) is 0 Å². The molecule has 0 aromatic rings. The van der Waals surface area contributed by atoms with E-state index in [1.54, 1.807) is 0 Å². The minimum Gasteiger partial charge on any atom is -0.393 e. The number of ether oxygens (including phenoxy) is 1. The van der Waals surface area contributed by atoms with Crippen LogP contribution in [0, 0.1) is 0 Å². The molecule has 2 amide bonds. The minimum absolute atomic E-state index is 0.0515. The SMILES string of the molecule is C=C1CCOC2([C@@H](O)[C@@](C)(O)CO)NC(=O)[C@@]1(N)NC2=O. The molecule has 0 aliphatic carbocycles. The molecule has 3 rings (SSSR count). The van der Waals surface area contributed by atoms with E-state index in [-0.39, 0.29) is 18.6 Å². The Bertz CT molecular complexity index is 507. The number of carbonyl (C=O) groups excluding carboxylic acids is 2. The molecule has 1 unspecified atom stereocenters. The number of rotatable bonds is 3. The van der Waals surface area contributed by atoms with Gasteiger partial charge in [-0.15, -0.1) is 0 Å². The lowest BCUT2D eigenvalue weighted by Gasteiger charge is -2.50. The Balaban J connectivity index is 2.47. The molecule has 21 heavy (non-hydrogen) atoms. The van der Waals surface area contributed by atoms with E-state index in [2.05, 4.69) is 17.2 Å². The van der Waals surface area contributed by atoms with Crippen molar-refractivity contribution in [3.63, 3.8) is 0 Å². The molecule has 3 aliphatic heterocycles. The van der Waals surface area contributed by atoms with E-state index in [1.807, 2.05) is 0 Å². The lowest BCUT2D eigenvalue weighted by Crippen LogP contribution is -2.84. The molecule has 3 aliphatic rings. The molecule has 3 saturated heterocycles. The summed E-state index contributed by atoms with van der Waals surface area (Å²) < 4.78 is 5.32. The van der Waals surface area contributed by atoms with Crippen LogP contribution in [-0.2, 0) is 14.3 Å². The van der Waals surface area contributed by atoms with Gasteiger partial charge in [-0.25, -0.2) is 0 Å². The second kappa shape index (κ2) is 4.75. The van der Waals surface area contributed by atoms with E-state index in [9.17, 15) is 19.8 Å². The molecular weight excluding hydrogens is 282 g/mol. The minimum atomic E-state index is -2.23. The van der Waals surface area contributed by atoms with Gasteiger partial charge in [0.1, 0.15) is 11.7 Å². The van der Waals surface area contributed by atoms with Crippen LogP contribution in [0.3, 0.4) is 0 Å². The molecule has 0 aromatic heterocycles. The van der Waals surface area contributed by atoms with E-state index in [0.29, 0.717) is 0 Å². The number of nitrogens with one attached hydrogen (secondary N) is 2. The van der Waals surface area contributed by atoms with Crippen LogP contribution in [-0.4, -0.2) is 63.4 Å².